The van der Waals surface area contributed by atoms with Crippen molar-refractivity contribution in [2.75, 3.05) is 0 Å². The SMILES string of the molecule is NC1(C(=O)N2Cc3ccccc3CC2C(=O)O)CCCC1. The van der Waals surface area contributed by atoms with E-state index in [0.29, 0.717) is 25.8 Å². The lowest BCUT2D eigenvalue weighted by Gasteiger charge is -2.38. The van der Waals surface area contributed by atoms with Crippen LogP contribution < -0.4 is 5.73 Å². The van der Waals surface area contributed by atoms with Crippen molar-refractivity contribution in [1.29, 1.82) is 0 Å². The molecule has 1 aromatic rings. The molecular weight excluding hydrogens is 268 g/mol. The number of aliphatic carboxylic acids is 1. The van der Waals surface area contributed by atoms with Gasteiger partial charge in [0.05, 0.1) is 5.54 Å². The zero-order valence-corrected chi connectivity index (χ0v) is 11.9. The molecule has 112 valence electrons. The Balaban J connectivity index is 1.92. The highest BCUT2D eigenvalue weighted by molar-refractivity contribution is 5.90. The van der Waals surface area contributed by atoms with Crippen molar-refractivity contribution in [2.45, 2.75) is 50.2 Å². The van der Waals surface area contributed by atoms with Gasteiger partial charge in [0.15, 0.2) is 0 Å². The van der Waals surface area contributed by atoms with Crippen LogP contribution in [0.1, 0.15) is 36.8 Å². The molecule has 1 amide bonds. The van der Waals surface area contributed by atoms with Gasteiger partial charge in [-0.3, -0.25) is 4.79 Å². The molecule has 1 unspecified atom stereocenters. The van der Waals surface area contributed by atoms with Crippen LogP contribution in [0.15, 0.2) is 24.3 Å². The number of hydrogen-bond acceptors (Lipinski definition) is 3. The molecule has 0 spiro atoms. The Morgan fingerprint density at radius 2 is 1.81 bits per heavy atom. The Bertz CT molecular complexity index is 579. The topological polar surface area (TPSA) is 83.6 Å². The minimum absolute atomic E-state index is 0.207. The van der Waals surface area contributed by atoms with Crippen molar-refractivity contribution in [3.05, 3.63) is 35.4 Å². The van der Waals surface area contributed by atoms with Gasteiger partial charge in [0, 0.05) is 13.0 Å². The van der Waals surface area contributed by atoms with Crippen LogP contribution in [0, 0.1) is 0 Å². The van der Waals surface area contributed by atoms with E-state index in [4.69, 9.17) is 5.73 Å². The number of carboxylic acids is 1. The van der Waals surface area contributed by atoms with Gasteiger partial charge in [-0.25, -0.2) is 4.79 Å². The van der Waals surface area contributed by atoms with Crippen molar-refractivity contribution in [2.24, 2.45) is 5.73 Å². The molecule has 1 aliphatic carbocycles. The Morgan fingerprint density at radius 3 is 2.43 bits per heavy atom. The summed E-state index contributed by atoms with van der Waals surface area (Å²) in [6.45, 7) is 0.338. The fourth-order valence-electron chi connectivity index (χ4n) is 3.46. The molecule has 1 saturated carbocycles. The van der Waals surface area contributed by atoms with Gasteiger partial charge in [-0.05, 0) is 24.0 Å². The zero-order valence-electron chi connectivity index (χ0n) is 11.9. The highest BCUT2D eigenvalue weighted by Gasteiger charge is 2.44. The van der Waals surface area contributed by atoms with Gasteiger partial charge in [0.25, 0.3) is 0 Å². The smallest absolute Gasteiger partial charge is 0.326 e. The van der Waals surface area contributed by atoms with Crippen LogP contribution in [0.5, 0.6) is 0 Å². The van der Waals surface area contributed by atoms with E-state index in [-0.39, 0.29) is 5.91 Å². The molecule has 21 heavy (non-hydrogen) atoms. The molecule has 3 rings (SSSR count). The summed E-state index contributed by atoms with van der Waals surface area (Å²) in [5.74, 6) is -1.17. The van der Waals surface area contributed by atoms with Crippen molar-refractivity contribution < 1.29 is 14.7 Å². The molecule has 1 aromatic carbocycles. The summed E-state index contributed by atoms with van der Waals surface area (Å²) in [5.41, 5.74) is 7.38. The number of rotatable bonds is 2. The molecule has 1 atom stereocenters. The number of nitrogens with zero attached hydrogens (tertiary/aromatic N) is 1. The summed E-state index contributed by atoms with van der Waals surface area (Å²) in [5, 5.41) is 9.48. The second-order valence-corrected chi connectivity index (χ2v) is 6.12. The van der Waals surface area contributed by atoms with E-state index in [1.54, 1.807) is 0 Å². The summed E-state index contributed by atoms with van der Waals surface area (Å²) < 4.78 is 0. The van der Waals surface area contributed by atoms with E-state index in [1.165, 1.54) is 4.90 Å². The lowest BCUT2D eigenvalue weighted by atomic mass is 9.90. The number of carboxylic acid groups (broad SMARTS) is 1. The molecule has 0 radical (unpaired) electrons. The van der Waals surface area contributed by atoms with Gasteiger partial charge in [-0.1, -0.05) is 37.1 Å². The van der Waals surface area contributed by atoms with Gasteiger partial charge in [-0.15, -0.1) is 0 Å². The van der Waals surface area contributed by atoms with Crippen LogP contribution in [0.2, 0.25) is 0 Å². The highest BCUT2D eigenvalue weighted by atomic mass is 16.4. The number of amides is 1. The third kappa shape index (κ3) is 2.42. The minimum atomic E-state index is -0.959. The summed E-state index contributed by atoms with van der Waals surface area (Å²) in [7, 11) is 0. The van der Waals surface area contributed by atoms with Gasteiger partial charge >= 0.3 is 5.97 Å². The van der Waals surface area contributed by atoms with E-state index >= 15 is 0 Å². The lowest BCUT2D eigenvalue weighted by molar-refractivity contribution is -0.154. The van der Waals surface area contributed by atoms with E-state index in [1.807, 2.05) is 24.3 Å². The first-order valence-electron chi connectivity index (χ1n) is 7.41. The molecular formula is C16H20N2O3. The van der Waals surface area contributed by atoms with Crippen LogP contribution in [0.4, 0.5) is 0 Å². The summed E-state index contributed by atoms with van der Waals surface area (Å²) in [6.07, 6.45) is 3.52. The molecule has 0 bridgehead atoms. The predicted molar refractivity (Wildman–Crippen MR) is 77.5 cm³/mol. The maximum atomic E-state index is 12.8. The Hall–Kier alpha value is -1.88. The van der Waals surface area contributed by atoms with Gasteiger partial charge in [0.1, 0.15) is 6.04 Å². The average Bonchev–Trinajstić information content (AvgIpc) is 2.93. The Morgan fingerprint density at radius 1 is 1.19 bits per heavy atom. The summed E-state index contributed by atoms with van der Waals surface area (Å²) >= 11 is 0. The molecule has 0 saturated heterocycles. The fourth-order valence-corrected chi connectivity index (χ4v) is 3.46. The third-order valence-corrected chi connectivity index (χ3v) is 4.72. The minimum Gasteiger partial charge on any atom is -0.480 e. The molecule has 0 aromatic heterocycles. The van der Waals surface area contributed by atoms with Crippen LogP contribution in [-0.4, -0.2) is 33.5 Å². The standard InChI is InChI=1S/C16H20N2O3/c17-16(7-3-4-8-16)15(21)18-10-12-6-2-1-5-11(12)9-13(18)14(19)20/h1-2,5-6,13H,3-4,7-10,17H2,(H,19,20). The second kappa shape index (κ2) is 5.15. The van der Waals surface area contributed by atoms with Crippen LogP contribution in [0.25, 0.3) is 0 Å². The fraction of sp³-hybridized carbons (Fsp3) is 0.500. The quantitative estimate of drug-likeness (QED) is 0.859. The largest absolute Gasteiger partial charge is 0.480 e. The van der Waals surface area contributed by atoms with E-state index in [0.717, 1.165) is 24.0 Å². The Kier molecular flexibility index (Phi) is 3.45. The van der Waals surface area contributed by atoms with E-state index in [2.05, 4.69) is 0 Å². The lowest BCUT2D eigenvalue weighted by Crippen LogP contribution is -2.59. The Labute approximate surface area is 123 Å². The van der Waals surface area contributed by atoms with Gasteiger partial charge < -0.3 is 15.7 Å². The van der Waals surface area contributed by atoms with Crippen molar-refractivity contribution in [1.82, 2.24) is 4.90 Å². The molecule has 1 heterocycles. The molecule has 5 nitrogen and oxygen atoms in total. The van der Waals surface area contributed by atoms with Crippen LogP contribution >= 0.6 is 0 Å². The summed E-state index contributed by atoms with van der Waals surface area (Å²) in [4.78, 5) is 25.8. The number of carbonyl (C=O) groups excluding carboxylic acids is 1. The number of nitrogens with two attached hydrogens (primary N) is 1. The molecule has 1 aliphatic heterocycles. The van der Waals surface area contributed by atoms with Gasteiger partial charge in [0.2, 0.25) is 5.91 Å². The number of fused-ring (bicyclic) bond motifs is 1. The van der Waals surface area contributed by atoms with E-state index in [9.17, 15) is 14.7 Å². The molecule has 1 fully saturated rings. The predicted octanol–water partition coefficient (Wildman–Crippen LogP) is 1.30. The first-order valence-corrected chi connectivity index (χ1v) is 7.41. The highest BCUT2D eigenvalue weighted by Crippen LogP contribution is 2.32. The first kappa shape index (κ1) is 14.1. The number of carbonyl (C=O) groups is 2. The zero-order chi connectivity index (χ0) is 15.0. The third-order valence-electron chi connectivity index (χ3n) is 4.72. The maximum Gasteiger partial charge on any atom is 0.326 e. The summed E-state index contributed by atoms with van der Waals surface area (Å²) in [6, 6.07) is 6.88. The van der Waals surface area contributed by atoms with Gasteiger partial charge in [-0.2, -0.15) is 0 Å². The average molecular weight is 288 g/mol. The number of benzene rings is 1. The maximum absolute atomic E-state index is 12.8. The monoisotopic (exact) mass is 288 g/mol. The molecule has 3 N–H and O–H groups in total. The van der Waals surface area contributed by atoms with Crippen LogP contribution in [-0.2, 0) is 22.6 Å². The molecule has 5 heteroatoms. The normalized spacial score (nSPS) is 23.7. The van der Waals surface area contributed by atoms with E-state index < -0.39 is 17.6 Å². The van der Waals surface area contributed by atoms with Crippen molar-refractivity contribution >= 4 is 11.9 Å². The number of hydrogen-bond donors (Lipinski definition) is 2. The molecule has 2 aliphatic rings. The second-order valence-electron chi connectivity index (χ2n) is 6.12. The first-order chi connectivity index (χ1) is 10.0. The van der Waals surface area contributed by atoms with Crippen LogP contribution in [0.3, 0.4) is 0 Å². The van der Waals surface area contributed by atoms with Crippen molar-refractivity contribution in [3.8, 4) is 0 Å². The van der Waals surface area contributed by atoms with Crippen molar-refractivity contribution in [3.63, 3.8) is 0 Å².